The van der Waals surface area contributed by atoms with Crippen LogP contribution in [0.25, 0.3) is 6.08 Å². The van der Waals surface area contributed by atoms with Crippen molar-refractivity contribution in [3.63, 3.8) is 0 Å². The Kier molecular flexibility index (Phi) is 6.45. The van der Waals surface area contributed by atoms with E-state index in [2.05, 4.69) is 10.6 Å². The molecule has 2 heterocycles. The summed E-state index contributed by atoms with van der Waals surface area (Å²) in [5.41, 5.74) is 1.83. The third-order valence-corrected chi connectivity index (χ3v) is 5.59. The van der Waals surface area contributed by atoms with Crippen LogP contribution in [0.4, 0.5) is 0 Å². The fraction of sp³-hybridized carbons (Fsp3) is 0.259. The molecule has 7 heteroatoms. The summed E-state index contributed by atoms with van der Waals surface area (Å²) in [6, 6.07) is 15.8. The monoisotopic (exact) mass is 460 g/mol. The zero-order valence-corrected chi connectivity index (χ0v) is 19.7. The number of fused-ring (bicyclic) bond motifs is 1. The van der Waals surface area contributed by atoms with Crippen LogP contribution in [0.3, 0.4) is 0 Å². The highest BCUT2D eigenvalue weighted by Gasteiger charge is 2.35. The molecule has 1 aromatic heterocycles. The second kappa shape index (κ2) is 9.47. The molecule has 34 heavy (non-hydrogen) atoms. The van der Waals surface area contributed by atoms with Crippen molar-refractivity contribution >= 4 is 17.9 Å². The third kappa shape index (κ3) is 5.31. The topological polar surface area (TPSA) is 89.8 Å². The number of hydrogen-bond donors (Lipinski definition) is 2. The zero-order valence-electron chi connectivity index (χ0n) is 19.7. The van der Waals surface area contributed by atoms with Gasteiger partial charge in [0.15, 0.2) is 0 Å². The molecule has 1 unspecified atom stereocenters. The average Bonchev–Trinajstić information content (AvgIpc) is 3.30. The summed E-state index contributed by atoms with van der Waals surface area (Å²) in [7, 11) is 1.59. The minimum atomic E-state index is -0.507. The Balaban J connectivity index is 1.62. The van der Waals surface area contributed by atoms with Crippen molar-refractivity contribution < 1.29 is 23.5 Å². The SMILES string of the molecule is COc1ccc2c(c1)OC(C)(C)CC2NC(=O)/C(=C/c1ccco1)NC(=O)c1cccc(C)c1. The fourth-order valence-electron chi connectivity index (χ4n) is 3.98. The number of furan rings is 1. The van der Waals surface area contributed by atoms with Crippen LogP contribution < -0.4 is 20.1 Å². The van der Waals surface area contributed by atoms with Crippen LogP contribution in [-0.2, 0) is 4.79 Å². The van der Waals surface area contributed by atoms with E-state index in [-0.39, 0.29) is 17.6 Å². The summed E-state index contributed by atoms with van der Waals surface area (Å²) < 4.78 is 16.8. The molecule has 2 N–H and O–H groups in total. The summed E-state index contributed by atoms with van der Waals surface area (Å²) in [5.74, 6) is 0.967. The Labute approximate surface area is 198 Å². The summed E-state index contributed by atoms with van der Waals surface area (Å²) in [6.07, 6.45) is 3.58. The quantitative estimate of drug-likeness (QED) is 0.517. The first kappa shape index (κ1) is 23.2. The Morgan fingerprint density at radius 1 is 1.12 bits per heavy atom. The Hall–Kier alpha value is -4.00. The number of carbonyl (C=O) groups excluding carboxylic acids is 2. The highest BCUT2D eigenvalue weighted by Crippen LogP contribution is 2.41. The lowest BCUT2D eigenvalue weighted by Crippen LogP contribution is -2.43. The lowest BCUT2D eigenvalue weighted by Gasteiger charge is -2.38. The minimum absolute atomic E-state index is 0.0841. The molecule has 1 aliphatic rings. The van der Waals surface area contributed by atoms with Crippen molar-refractivity contribution in [3.8, 4) is 11.5 Å². The van der Waals surface area contributed by atoms with Crippen LogP contribution in [0.15, 0.2) is 71.0 Å². The van der Waals surface area contributed by atoms with Gasteiger partial charge in [-0.1, -0.05) is 17.7 Å². The van der Waals surface area contributed by atoms with E-state index in [0.717, 1.165) is 11.1 Å². The normalized spacial score (nSPS) is 16.7. The molecule has 2 aromatic carbocycles. The van der Waals surface area contributed by atoms with Gasteiger partial charge in [-0.25, -0.2) is 0 Å². The van der Waals surface area contributed by atoms with Crippen molar-refractivity contribution in [2.75, 3.05) is 7.11 Å². The molecular formula is C27H28N2O5. The predicted octanol–water partition coefficient (Wildman–Crippen LogP) is 4.79. The standard InChI is InChI=1S/C27H28N2O5/c1-17-7-5-8-18(13-17)25(30)28-22(14-20-9-6-12-33-20)26(31)29-23-16-27(2,3)34-24-15-19(32-4)10-11-21(23)24/h5-15,23H,16H2,1-4H3,(H,28,30)(H,29,31)/b22-14-. The van der Waals surface area contributed by atoms with Crippen molar-refractivity contribution in [2.24, 2.45) is 0 Å². The molecule has 1 aliphatic heterocycles. The predicted molar refractivity (Wildman–Crippen MR) is 129 cm³/mol. The minimum Gasteiger partial charge on any atom is -0.497 e. The maximum atomic E-state index is 13.4. The number of amides is 2. The first-order chi connectivity index (χ1) is 16.2. The van der Waals surface area contributed by atoms with Gasteiger partial charge in [-0.05, 0) is 57.2 Å². The zero-order chi connectivity index (χ0) is 24.3. The number of methoxy groups -OCH3 is 1. The fourth-order valence-corrected chi connectivity index (χ4v) is 3.98. The second-order valence-electron chi connectivity index (χ2n) is 8.89. The highest BCUT2D eigenvalue weighted by molar-refractivity contribution is 6.05. The molecule has 176 valence electrons. The summed E-state index contributed by atoms with van der Waals surface area (Å²) in [5, 5.41) is 5.81. The van der Waals surface area contributed by atoms with E-state index >= 15 is 0 Å². The van der Waals surface area contributed by atoms with Gasteiger partial charge in [-0.15, -0.1) is 0 Å². The highest BCUT2D eigenvalue weighted by atomic mass is 16.5. The lowest BCUT2D eigenvalue weighted by molar-refractivity contribution is -0.119. The molecule has 4 rings (SSSR count). The van der Waals surface area contributed by atoms with Gasteiger partial charge in [0.25, 0.3) is 11.8 Å². The van der Waals surface area contributed by atoms with E-state index in [1.807, 2.05) is 45.0 Å². The van der Waals surface area contributed by atoms with Crippen LogP contribution in [-0.4, -0.2) is 24.5 Å². The van der Waals surface area contributed by atoms with Gasteiger partial charge >= 0.3 is 0 Å². The van der Waals surface area contributed by atoms with Gasteiger partial charge in [-0.3, -0.25) is 9.59 Å². The van der Waals surface area contributed by atoms with E-state index in [0.29, 0.717) is 29.2 Å². The first-order valence-corrected chi connectivity index (χ1v) is 11.0. The molecule has 0 aliphatic carbocycles. The largest absolute Gasteiger partial charge is 0.497 e. The van der Waals surface area contributed by atoms with Gasteiger partial charge in [0.05, 0.1) is 19.4 Å². The van der Waals surface area contributed by atoms with Crippen LogP contribution in [0, 0.1) is 6.92 Å². The smallest absolute Gasteiger partial charge is 0.268 e. The molecule has 2 amide bonds. The van der Waals surface area contributed by atoms with Crippen molar-refractivity contribution in [1.29, 1.82) is 0 Å². The Bertz CT molecular complexity index is 1230. The average molecular weight is 461 g/mol. The molecule has 0 spiro atoms. The molecule has 1 atom stereocenters. The number of aryl methyl sites for hydroxylation is 1. The molecule has 0 bridgehead atoms. The first-order valence-electron chi connectivity index (χ1n) is 11.0. The number of ether oxygens (including phenoxy) is 2. The van der Waals surface area contributed by atoms with Gasteiger partial charge in [-0.2, -0.15) is 0 Å². The van der Waals surface area contributed by atoms with E-state index < -0.39 is 11.5 Å². The Morgan fingerprint density at radius 3 is 2.65 bits per heavy atom. The lowest BCUT2D eigenvalue weighted by atomic mass is 9.89. The summed E-state index contributed by atoms with van der Waals surface area (Å²) in [6.45, 7) is 5.84. The van der Waals surface area contributed by atoms with Crippen LogP contribution in [0.1, 0.15) is 53.6 Å². The van der Waals surface area contributed by atoms with Crippen molar-refractivity contribution in [1.82, 2.24) is 10.6 Å². The summed E-state index contributed by atoms with van der Waals surface area (Å²) >= 11 is 0. The van der Waals surface area contributed by atoms with Gasteiger partial charge in [0, 0.05) is 29.7 Å². The third-order valence-electron chi connectivity index (χ3n) is 5.59. The summed E-state index contributed by atoms with van der Waals surface area (Å²) in [4.78, 5) is 26.3. The maximum absolute atomic E-state index is 13.4. The van der Waals surface area contributed by atoms with E-state index in [4.69, 9.17) is 13.9 Å². The second-order valence-corrected chi connectivity index (χ2v) is 8.89. The van der Waals surface area contributed by atoms with Crippen molar-refractivity contribution in [3.05, 3.63) is 89.0 Å². The molecule has 7 nitrogen and oxygen atoms in total. The van der Waals surface area contributed by atoms with E-state index in [9.17, 15) is 9.59 Å². The van der Waals surface area contributed by atoms with Gasteiger partial charge in [0.1, 0.15) is 28.6 Å². The van der Waals surface area contributed by atoms with E-state index in [1.54, 1.807) is 37.4 Å². The van der Waals surface area contributed by atoms with E-state index in [1.165, 1.54) is 12.3 Å². The molecule has 0 fully saturated rings. The molecule has 3 aromatic rings. The number of carbonyl (C=O) groups is 2. The Morgan fingerprint density at radius 2 is 1.94 bits per heavy atom. The molecule has 0 saturated heterocycles. The molecule has 0 saturated carbocycles. The van der Waals surface area contributed by atoms with Crippen LogP contribution in [0.5, 0.6) is 11.5 Å². The van der Waals surface area contributed by atoms with Crippen molar-refractivity contribution in [2.45, 2.75) is 38.8 Å². The number of rotatable bonds is 6. The van der Waals surface area contributed by atoms with Gasteiger partial charge < -0.3 is 24.5 Å². The molecular weight excluding hydrogens is 432 g/mol. The number of hydrogen-bond acceptors (Lipinski definition) is 5. The maximum Gasteiger partial charge on any atom is 0.268 e. The number of nitrogens with one attached hydrogen (secondary N) is 2. The number of benzene rings is 2. The molecule has 0 radical (unpaired) electrons. The van der Waals surface area contributed by atoms with Gasteiger partial charge in [0.2, 0.25) is 0 Å². The van der Waals surface area contributed by atoms with Crippen LogP contribution >= 0.6 is 0 Å². The van der Waals surface area contributed by atoms with Crippen LogP contribution in [0.2, 0.25) is 0 Å².